The van der Waals surface area contributed by atoms with Crippen LogP contribution in [0.1, 0.15) is 45.4 Å². The number of carbonyl (C=O) groups excluding carboxylic acids is 1. The molecule has 3 N–H and O–H groups in total. The summed E-state index contributed by atoms with van der Waals surface area (Å²) in [5.74, 6) is 0.0444. The van der Waals surface area contributed by atoms with Gasteiger partial charge in [-0.15, -0.1) is 0 Å². The first-order valence-electron chi connectivity index (χ1n) is 6.58. The zero-order valence-electron chi connectivity index (χ0n) is 10.3. The van der Waals surface area contributed by atoms with E-state index in [4.69, 9.17) is 4.74 Å². The second kappa shape index (κ2) is 3.92. The van der Waals surface area contributed by atoms with E-state index in [9.17, 15) is 4.79 Å². The molecule has 0 aromatic heterocycles. The number of esters is 1. The van der Waals surface area contributed by atoms with Crippen molar-refractivity contribution < 1.29 is 31.0 Å². The maximum atomic E-state index is 12.6. The van der Waals surface area contributed by atoms with E-state index in [0.717, 1.165) is 25.7 Å². The first kappa shape index (κ1) is 12.5. The van der Waals surface area contributed by atoms with Crippen molar-refractivity contribution in [3.8, 4) is 0 Å². The fourth-order valence-electron chi connectivity index (χ4n) is 3.03. The molecule has 7 heteroatoms. The van der Waals surface area contributed by atoms with Crippen LogP contribution in [0.15, 0.2) is 0 Å². The molecule has 0 bridgehead atoms. The van der Waals surface area contributed by atoms with E-state index in [0.29, 0.717) is 0 Å². The summed E-state index contributed by atoms with van der Waals surface area (Å²) in [6.45, 7) is 2.18. The Morgan fingerprint density at radius 2 is 2.00 bits per heavy atom. The zero-order chi connectivity index (χ0) is 12.4. The molecule has 0 spiro atoms. The van der Waals surface area contributed by atoms with Crippen LogP contribution in [-0.4, -0.2) is 18.8 Å². The topological polar surface area (TPSA) is 92.1 Å². The third kappa shape index (κ3) is 1.63. The number of ether oxygens (including phenoxy) is 1. The SMILES string of the molecule is CCCC1(OC(=O)C2(C34NI3N4)N[I-]2)CCCC1. The Balaban J connectivity index is 1.48. The molecular weight excluding hydrogens is 460 g/mol. The van der Waals surface area contributed by atoms with Gasteiger partial charge in [0.05, 0.1) is 0 Å². The van der Waals surface area contributed by atoms with Gasteiger partial charge in [-0.2, -0.15) is 0 Å². The van der Waals surface area contributed by atoms with Crippen molar-refractivity contribution in [2.75, 3.05) is 0 Å². The van der Waals surface area contributed by atoms with Crippen molar-refractivity contribution >= 4 is 26.3 Å². The minimum atomic E-state index is -1.06. The molecule has 104 valence electrons. The molecule has 0 aromatic carbocycles. The normalized spacial score (nSPS) is 39.5. The number of alkyl halides is 2. The summed E-state index contributed by atoms with van der Waals surface area (Å²) < 4.78 is 16.1. The Hall–Kier alpha value is 0.810. The second-order valence-corrected chi connectivity index (χ2v) is 12.5. The van der Waals surface area contributed by atoms with Crippen LogP contribution in [0.4, 0.5) is 0 Å². The molecule has 3 saturated heterocycles. The van der Waals surface area contributed by atoms with Crippen molar-refractivity contribution in [3.05, 3.63) is 0 Å². The van der Waals surface area contributed by atoms with Crippen LogP contribution in [0, 0.1) is 0 Å². The Kier molecular flexibility index (Phi) is 2.73. The summed E-state index contributed by atoms with van der Waals surface area (Å²) in [5.41, 5.74) is -0.133. The Bertz CT molecular complexity index is 401. The van der Waals surface area contributed by atoms with E-state index in [1.165, 1.54) is 12.8 Å². The summed E-state index contributed by atoms with van der Waals surface area (Å²) in [4.78, 5) is 12.6. The first-order valence-corrected chi connectivity index (χ1v) is 12.0. The molecule has 4 fully saturated rings. The molecule has 4 aliphatic rings. The van der Waals surface area contributed by atoms with E-state index in [2.05, 4.69) is 17.5 Å². The van der Waals surface area contributed by atoms with Crippen LogP contribution in [0.2, 0.25) is 0 Å². The molecule has 3 aliphatic heterocycles. The van der Waals surface area contributed by atoms with Crippen molar-refractivity contribution in [2.45, 2.75) is 58.3 Å². The molecule has 0 amide bonds. The van der Waals surface area contributed by atoms with Crippen molar-refractivity contribution in [3.63, 3.8) is 0 Å². The summed E-state index contributed by atoms with van der Waals surface area (Å²) in [5, 5.41) is 0. The molecule has 0 radical (unpaired) electrons. The summed E-state index contributed by atoms with van der Waals surface area (Å²) >= 11 is -1.26. The average Bonchev–Trinajstić information content (AvgIpc) is 3.17. The van der Waals surface area contributed by atoms with E-state index in [1.54, 1.807) is 0 Å². The molecule has 1 saturated carbocycles. The second-order valence-electron chi connectivity index (χ2n) is 5.51. The van der Waals surface area contributed by atoms with Gasteiger partial charge in [-0.3, -0.25) is 0 Å². The number of carbonyl (C=O) groups is 1. The number of hydrogen-bond donors (Lipinski definition) is 3. The zero-order valence-corrected chi connectivity index (χ0v) is 14.6. The molecule has 1 unspecified atom stereocenters. The average molecular weight is 478 g/mol. The number of fused-ring (bicyclic) bond motifs is 1. The van der Waals surface area contributed by atoms with Gasteiger partial charge < -0.3 is 0 Å². The van der Waals surface area contributed by atoms with Crippen LogP contribution in [-0.2, 0) is 9.53 Å². The molecule has 0 aromatic rings. The van der Waals surface area contributed by atoms with Gasteiger partial charge >= 0.3 is 126 Å². The van der Waals surface area contributed by atoms with Crippen LogP contribution in [0.25, 0.3) is 0 Å². The number of rotatable bonds is 5. The van der Waals surface area contributed by atoms with Gasteiger partial charge in [0.15, 0.2) is 0 Å². The quantitative estimate of drug-likeness (QED) is 0.108. The van der Waals surface area contributed by atoms with Crippen molar-refractivity contribution in [2.24, 2.45) is 0 Å². The molecule has 18 heavy (non-hydrogen) atoms. The van der Waals surface area contributed by atoms with Gasteiger partial charge in [0.25, 0.3) is 0 Å². The molecule has 1 atom stereocenters. The molecule has 3 heterocycles. The summed E-state index contributed by atoms with van der Waals surface area (Å²) in [6.07, 6.45) is 6.69. The summed E-state index contributed by atoms with van der Waals surface area (Å²) in [6, 6.07) is 0. The predicted octanol–water partition coefficient (Wildman–Crippen LogP) is -1.86. The first-order chi connectivity index (χ1) is 8.66. The van der Waals surface area contributed by atoms with Crippen LogP contribution in [0.3, 0.4) is 0 Å². The monoisotopic (exact) mass is 478 g/mol. The Morgan fingerprint density at radius 1 is 1.39 bits per heavy atom. The van der Waals surface area contributed by atoms with Crippen LogP contribution >= 0.6 is 20.4 Å². The Labute approximate surface area is 125 Å². The van der Waals surface area contributed by atoms with E-state index >= 15 is 0 Å². The predicted molar refractivity (Wildman–Crippen MR) is 71.1 cm³/mol. The third-order valence-corrected chi connectivity index (χ3v) is 12.7. The summed E-state index contributed by atoms with van der Waals surface area (Å²) in [7, 11) is 0. The van der Waals surface area contributed by atoms with Gasteiger partial charge in [0, 0.05) is 0 Å². The molecule has 1 aliphatic carbocycles. The fraction of sp³-hybridized carbons (Fsp3) is 0.909. The third-order valence-electron chi connectivity index (χ3n) is 4.23. The van der Waals surface area contributed by atoms with Gasteiger partial charge in [0.1, 0.15) is 0 Å². The molecular formula is C11H18I2N3O2-. The van der Waals surface area contributed by atoms with Crippen LogP contribution < -0.4 is 32.1 Å². The van der Waals surface area contributed by atoms with E-state index in [-0.39, 0.29) is 40.3 Å². The molecule has 5 nitrogen and oxygen atoms in total. The van der Waals surface area contributed by atoms with Gasteiger partial charge in [-0.25, -0.2) is 0 Å². The number of hydrogen-bond acceptors (Lipinski definition) is 5. The minimum absolute atomic E-state index is 0.0444. The van der Waals surface area contributed by atoms with E-state index in [1.807, 2.05) is 0 Å². The standard InChI is InChI=1S/C11H18I2N3O2/c1-2-5-9(6-3-4-7-9)18-8(17)10(12-14-10)11-13(15-11)16-11/h14-16H,2-7H2,1H3/q-1. The van der Waals surface area contributed by atoms with Crippen molar-refractivity contribution in [1.29, 1.82) is 0 Å². The maximum absolute atomic E-state index is 12.6. The number of halogens is 2. The van der Waals surface area contributed by atoms with Gasteiger partial charge in [-0.1, -0.05) is 0 Å². The van der Waals surface area contributed by atoms with Gasteiger partial charge in [0.2, 0.25) is 0 Å². The number of nitrogens with one attached hydrogen (secondary N) is 3. The van der Waals surface area contributed by atoms with Crippen LogP contribution in [0.5, 0.6) is 0 Å². The molecule has 4 rings (SSSR count). The fourth-order valence-corrected chi connectivity index (χ4v) is 13.0. The van der Waals surface area contributed by atoms with Crippen molar-refractivity contribution in [1.82, 2.24) is 10.6 Å². The van der Waals surface area contributed by atoms with Gasteiger partial charge in [-0.05, 0) is 0 Å². The Morgan fingerprint density at radius 3 is 2.44 bits per heavy atom. The van der Waals surface area contributed by atoms with E-state index < -0.39 is 20.4 Å².